The van der Waals surface area contributed by atoms with Crippen LogP contribution in [0.5, 0.6) is 0 Å². The van der Waals surface area contributed by atoms with Crippen LogP contribution in [0.2, 0.25) is 0 Å². The molecule has 0 radical (unpaired) electrons. The van der Waals surface area contributed by atoms with Crippen LogP contribution in [0.15, 0.2) is 0 Å². The summed E-state index contributed by atoms with van der Waals surface area (Å²) in [6.07, 6.45) is 5.59. The Balaban J connectivity index is 2.55. The highest BCUT2D eigenvalue weighted by molar-refractivity contribution is 4.76. The first-order valence-corrected chi connectivity index (χ1v) is 6.23. The van der Waals surface area contributed by atoms with Gasteiger partial charge >= 0.3 is 0 Å². The summed E-state index contributed by atoms with van der Waals surface area (Å²) in [5.74, 6) is 0.615. The zero-order valence-corrected chi connectivity index (χ0v) is 10.9. The monoisotopic (exact) mass is 214 g/mol. The van der Waals surface area contributed by atoms with Crippen molar-refractivity contribution in [1.82, 2.24) is 9.96 Å². The van der Waals surface area contributed by atoms with E-state index in [0.717, 1.165) is 0 Å². The lowest BCUT2D eigenvalue weighted by molar-refractivity contribution is -0.160. The second-order valence-electron chi connectivity index (χ2n) is 4.74. The van der Waals surface area contributed by atoms with Gasteiger partial charge in [-0.2, -0.15) is 5.06 Å². The maximum absolute atomic E-state index is 5.91. The molecule has 3 nitrogen and oxygen atoms in total. The maximum atomic E-state index is 5.91. The van der Waals surface area contributed by atoms with E-state index in [-0.39, 0.29) is 6.23 Å². The van der Waals surface area contributed by atoms with Crippen molar-refractivity contribution in [3.05, 3.63) is 0 Å². The van der Waals surface area contributed by atoms with E-state index in [4.69, 9.17) is 4.84 Å². The lowest BCUT2D eigenvalue weighted by atomic mass is 10.0. The third-order valence-corrected chi connectivity index (χ3v) is 3.34. The molecule has 0 amide bonds. The van der Waals surface area contributed by atoms with Crippen molar-refractivity contribution in [2.45, 2.75) is 58.8 Å². The van der Waals surface area contributed by atoms with Crippen molar-refractivity contribution in [3.63, 3.8) is 0 Å². The SMILES string of the molecule is CCCC(C)C1ON(C)C(CCC)N1C. The molecule has 90 valence electrons. The summed E-state index contributed by atoms with van der Waals surface area (Å²) >= 11 is 0. The average Bonchev–Trinajstić information content (AvgIpc) is 2.47. The Bertz CT molecular complexity index is 186. The van der Waals surface area contributed by atoms with E-state index in [0.29, 0.717) is 12.1 Å². The van der Waals surface area contributed by atoms with Crippen molar-refractivity contribution in [2.24, 2.45) is 5.92 Å². The topological polar surface area (TPSA) is 15.7 Å². The van der Waals surface area contributed by atoms with Gasteiger partial charge in [-0.25, -0.2) is 0 Å². The fraction of sp³-hybridized carbons (Fsp3) is 1.00. The van der Waals surface area contributed by atoms with Gasteiger partial charge in [-0.15, -0.1) is 0 Å². The Morgan fingerprint density at radius 3 is 2.40 bits per heavy atom. The molecule has 1 heterocycles. The largest absolute Gasteiger partial charge is 0.278 e. The third-order valence-electron chi connectivity index (χ3n) is 3.34. The Morgan fingerprint density at radius 2 is 1.87 bits per heavy atom. The Kier molecular flexibility index (Phi) is 5.03. The smallest absolute Gasteiger partial charge is 0.136 e. The van der Waals surface area contributed by atoms with E-state index < -0.39 is 0 Å². The molecular weight excluding hydrogens is 188 g/mol. The number of hydroxylamine groups is 2. The van der Waals surface area contributed by atoms with Crippen LogP contribution < -0.4 is 0 Å². The molecule has 0 saturated carbocycles. The minimum atomic E-state index is 0.270. The number of nitrogens with zero attached hydrogens (tertiary/aromatic N) is 2. The van der Waals surface area contributed by atoms with Crippen LogP contribution in [0, 0.1) is 5.92 Å². The molecule has 1 fully saturated rings. The highest BCUT2D eigenvalue weighted by Gasteiger charge is 2.37. The van der Waals surface area contributed by atoms with Crippen LogP contribution in [0.4, 0.5) is 0 Å². The van der Waals surface area contributed by atoms with Crippen LogP contribution in [0.1, 0.15) is 46.5 Å². The molecule has 0 aromatic heterocycles. The summed E-state index contributed by atoms with van der Waals surface area (Å²) in [5, 5.41) is 2.03. The summed E-state index contributed by atoms with van der Waals surface area (Å²) in [4.78, 5) is 8.29. The first kappa shape index (κ1) is 12.9. The molecule has 0 aromatic carbocycles. The van der Waals surface area contributed by atoms with E-state index in [9.17, 15) is 0 Å². The van der Waals surface area contributed by atoms with Gasteiger partial charge in [0, 0.05) is 7.05 Å². The third kappa shape index (κ3) is 2.92. The molecule has 1 aliphatic heterocycles. The Morgan fingerprint density at radius 1 is 1.20 bits per heavy atom. The Hall–Kier alpha value is -0.120. The minimum absolute atomic E-state index is 0.270. The summed E-state index contributed by atoms with van der Waals surface area (Å²) in [6, 6.07) is 0. The molecule has 0 bridgehead atoms. The van der Waals surface area contributed by atoms with E-state index >= 15 is 0 Å². The predicted molar refractivity (Wildman–Crippen MR) is 63.2 cm³/mol. The Labute approximate surface area is 94.3 Å². The summed E-state index contributed by atoms with van der Waals surface area (Å²) in [6.45, 7) is 6.75. The predicted octanol–water partition coefficient (Wildman–Crippen LogP) is 2.68. The lowest BCUT2D eigenvalue weighted by Gasteiger charge is -2.26. The zero-order valence-electron chi connectivity index (χ0n) is 10.9. The molecule has 0 aromatic rings. The van der Waals surface area contributed by atoms with Crippen LogP contribution >= 0.6 is 0 Å². The zero-order chi connectivity index (χ0) is 11.4. The minimum Gasteiger partial charge on any atom is -0.278 e. The highest BCUT2D eigenvalue weighted by atomic mass is 16.7. The van der Waals surface area contributed by atoms with Crippen molar-refractivity contribution >= 4 is 0 Å². The van der Waals surface area contributed by atoms with Crippen molar-refractivity contribution < 1.29 is 4.84 Å². The van der Waals surface area contributed by atoms with Crippen molar-refractivity contribution in [1.29, 1.82) is 0 Å². The summed E-state index contributed by atoms with van der Waals surface area (Å²) < 4.78 is 0. The van der Waals surface area contributed by atoms with Gasteiger partial charge in [-0.05, 0) is 25.8 Å². The van der Waals surface area contributed by atoms with Crippen LogP contribution in [0.3, 0.4) is 0 Å². The maximum Gasteiger partial charge on any atom is 0.136 e. The normalized spacial score (nSPS) is 31.0. The first-order valence-electron chi connectivity index (χ1n) is 6.23. The van der Waals surface area contributed by atoms with Crippen LogP contribution in [0.25, 0.3) is 0 Å². The summed E-state index contributed by atoms with van der Waals surface area (Å²) in [5.41, 5.74) is 0. The van der Waals surface area contributed by atoms with Crippen molar-refractivity contribution in [3.8, 4) is 0 Å². The second kappa shape index (κ2) is 5.83. The fourth-order valence-corrected chi connectivity index (χ4v) is 2.49. The van der Waals surface area contributed by atoms with Gasteiger partial charge in [0.2, 0.25) is 0 Å². The molecule has 3 atom stereocenters. The summed E-state index contributed by atoms with van der Waals surface area (Å²) in [7, 11) is 4.23. The quantitative estimate of drug-likeness (QED) is 0.700. The van der Waals surface area contributed by atoms with Crippen molar-refractivity contribution in [2.75, 3.05) is 14.1 Å². The molecule has 1 saturated heterocycles. The molecule has 1 aliphatic rings. The van der Waals surface area contributed by atoms with E-state index in [1.807, 2.05) is 5.06 Å². The van der Waals surface area contributed by atoms with Gasteiger partial charge in [-0.1, -0.05) is 33.6 Å². The van der Waals surface area contributed by atoms with E-state index in [1.54, 1.807) is 0 Å². The molecule has 15 heavy (non-hydrogen) atoms. The molecule has 0 spiro atoms. The van der Waals surface area contributed by atoms with Gasteiger partial charge < -0.3 is 0 Å². The molecule has 3 unspecified atom stereocenters. The number of rotatable bonds is 5. The van der Waals surface area contributed by atoms with E-state index in [1.165, 1.54) is 25.7 Å². The van der Waals surface area contributed by atoms with Crippen LogP contribution in [-0.4, -0.2) is 36.5 Å². The van der Waals surface area contributed by atoms with E-state index in [2.05, 4.69) is 39.8 Å². The van der Waals surface area contributed by atoms with Gasteiger partial charge in [0.25, 0.3) is 0 Å². The van der Waals surface area contributed by atoms with Gasteiger partial charge in [0.15, 0.2) is 0 Å². The second-order valence-corrected chi connectivity index (χ2v) is 4.74. The number of hydrogen-bond donors (Lipinski definition) is 0. The van der Waals surface area contributed by atoms with Gasteiger partial charge in [-0.3, -0.25) is 9.74 Å². The molecular formula is C12H26N2O. The highest BCUT2D eigenvalue weighted by Crippen LogP contribution is 2.28. The molecule has 0 N–H and O–H groups in total. The standard InChI is InChI=1S/C12H26N2O/c1-6-8-10(3)12-13(4)11(9-7-2)14(5)15-12/h10-12H,6-9H2,1-5H3. The van der Waals surface area contributed by atoms with Gasteiger partial charge in [0.1, 0.15) is 6.23 Å². The molecule has 1 rings (SSSR count). The molecule has 0 aliphatic carbocycles. The van der Waals surface area contributed by atoms with Gasteiger partial charge in [0.05, 0.1) is 6.17 Å². The average molecular weight is 214 g/mol. The fourth-order valence-electron chi connectivity index (χ4n) is 2.49. The molecule has 3 heteroatoms. The first-order chi connectivity index (χ1) is 7.11. The number of hydrogen-bond acceptors (Lipinski definition) is 3. The van der Waals surface area contributed by atoms with Crippen LogP contribution in [-0.2, 0) is 4.84 Å². The lowest BCUT2D eigenvalue weighted by Crippen LogP contribution is -2.38.